The zero-order chi connectivity index (χ0) is 26.5. The van der Waals surface area contributed by atoms with E-state index in [2.05, 4.69) is 54.5 Å². The van der Waals surface area contributed by atoms with Crippen molar-refractivity contribution in [1.29, 1.82) is 0 Å². The molecule has 10 atom stereocenters. The second kappa shape index (κ2) is 8.09. The van der Waals surface area contributed by atoms with Gasteiger partial charge in [-0.25, -0.2) is 0 Å². The minimum atomic E-state index is -0.578. The maximum Gasteiger partial charge on any atom is 0.310 e. The quantitative estimate of drug-likeness (QED) is 0.313. The van der Waals surface area contributed by atoms with Crippen LogP contribution >= 0.6 is 0 Å². The number of carboxylic acid groups (broad SMARTS) is 1. The summed E-state index contributed by atoms with van der Waals surface area (Å²) in [7, 11) is 0. The highest BCUT2D eigenvalue weighted by atomic mass is 16.5. The van der Waals surface area contributed by atoms with Gasteiger partial charge in [-0.15, -0.1) is 0 Å². The van der Waals surface area contributed by atoms with E-state index in [1.165, 1.54) is 12.0 Å². The van der Waals surface area contributed by atoms with Gasteiger partial charge in [-0.05, 0) is 104 Å². The van der Waals surface area contributed by atoms with Gasteiger partial charge in [-0.3, -0.25) is 9.59 Å². The van der Waals surface area contributed by atoms with Crippen LogP contribution in [0.3, 0.4) is 0 Å². The van der Waals surface area contributed by atoms with E-state index in [0.29, 0.717) is 23.7 Å². The lowest BCUT2D eigenvalue weighted by atomic mass is 9.33. The lowest BCUT2D eigenvalue weighted by molar-refractivity contribution is -0.214. The van der Waals surface area contributed by atoms with Crippen LogP contribution in [-0.4, -0.2) is 23.1 Å². The lowest BCUT2D eigenvalue weighted by Crippen LogP contribution is -2.65. The van der Waals surface area contributed by atoms with E-state index in [0.717, 1.165) is 51.4 Å². The van der Waals surface area contributed by atoms with Crippen molar-refractivity contribution in [3.05, 3.63) is 11.6 Å². The number of ether oxygens (including phenoxy) is 1. The predicted octanol–water partition coefficient (Wildman–Crippen LogP) is 7.66. The maximum atomic E-state index is 12.9. The predicted molar refractivity (Wildman–Crippen MR) is 142 cm³/mol. The summed E-state index contributed by atoms with van der Waals surface area (Å²) in [6.45, 7) is 18.5. The highest BCUT2D eigenvalue weighted by Crippen LogP contribution is 2.75. The van der Waals surface area contributed by atoms with E-state index in [-0.39, 0.29) is 39.7 Å². The third-order valence-corrected chi connectivity index (χ3v) is 13.7. The fraction of sp³-hybridized carbons (Fsp3) is 0.875. The van der Waals surface area contributed by atoms with Crippen LogP contribution in [0.25, 0.3) is 0 Å². The number of carbonyl (C=O) groups excluding carboxylic acids is 1. The van der Waals surface area contributed by atoms with E-state index < -0.39 is 11.4 Å². The molecule has 4 saturated carbocycles. The lowest BCUT2D eigenvalue weighted by Gasteiger charge is -2.71. The van der Waals surface area contributed by atoms with Crippen molar-refractivity contribution in [1.82, 2.24) is 0 Å². The third kappa shape index (κ3) is 3.17. The van der Waals surface area contributed by atoms with Gasteiger partial charge in [-0.2, -0.15) is 0 Å². The van der Waals surface area contributed by atoms with E-state index in [9.17, 15) is 14.7 Å². The first-order chi connectivity index (χ1) is 16.6. The zero-order valence-corrected chi connectivity index (χ0v) is 24.1. The van der Waals surface area contributed by atoms with Gasteiger partial charge in [0, 0.05) is 12.3 Å². The summed E-state index contributed by atoms with van der Waals surface area (Å²) in [6.07, 6.45) is 11.7. The molecule has 4 heteroatoms. The second-order valence-electron chi connectivity index (χ2n) is 15.1. The van der Waals surface area contributed by atoms with Crippen LogP contribution in [0.15, 0.2) is 11.6 Å². The van der Waals surface area contributed by atoms with Crippen molar-refractivity contribution in [2.75, 3.05) is 0 Å². The number of carbonyl (C=O) groups is 2. The number of hydrogen-bond donors (Lipinski definition) is 1. The van der Waals surface area contributed by atoms with Crippen LogP contribution in [-0.2, 0) is 14.3 Å². The molecule has 0 bridgehead atoms. The number of fused-ring (bicyclic) bond motifs is 7. The summed E-state index contributed by atoms with van der Waals surface area (Å²) >= 11 is 0. The SMILES string of the molecule is CC(=O)O[C@@H]1CC[C@@]2(C)C(CC[C@]3(C)C2CC=C2[C@@H]4[C@@H](C)[C@H](C)CC[C@]4(C(=O)O)CC[C@]23C)C1(C)C. The molecule has 0 heterocycles. The standard InChI is InChI=1S/C32H50O4/c1-19-11-16-32(27(34)35)18-17-30(7)22(26(32)20(19)2)9-10-24-29(6)14-13-25(36-21(3)33)28(4,5)23(29)12-15-31(24,30)8/h9,19-20,23-26H,10-18H2,1-8H3,(H,34,35)/t19-,20+,23?,24?,25-,26+,29+,30-,31-,32+/m1/s1. The zero-order valence-electron chi connectivity index (χ0n) is 24.1. The van der Waals surface area contributed by atoms with Crippen LogP contribution in [0.4, 0.5) is 0 Å². The van der Waals surface area contributed by atoms with Gasteiger partial charge in [0.2, 0.25) is 0 Å². The first-order valence-electron chi connectivity index (χ1n) is 14.8. The van der Waals surface area contributed by atoms with Crippen molar-refractivity contribution >= 4 is 11.9 Å². The monoisotopic (exact) mass is 498 g/mol. The Balaban J connectivity index is 1.56. The smallest absolute Gasteiger partial charge is 0.310 e. The first kappa shape index (κ1) is 26.3. The summed E-state index contributed by atoms with van der Waals surface area (Å²) in [5.41, 5.74) is 1.30. The van der Waals surface area contributed by atoms with Crippen molar-refractivity contribution < 1.29 is 19.4 Å². The van der Waals surface area contributed by atoms with Crippen molar-refractivity contribution in [2.45, 2.75) is 119 Å². The number of hydrogen-bond acceptors (Lipinski definition) is 3. The minimum Gasteiger partial charge on any atom is -0.481 e. The summed E-state index contributed by atoms with van der Waals surface area (Å²) in [5, 5.41) is 10.6. The molecule has 0 amide bonds. The van der Waals surface area contributed by atoms with Gasteiger partial charge < -0.3 is 9.84 Å². The van der Waals surface area contributed by atoms with Gasteiger partial charge >= 0.3 is 11.9 Å². The molecule has 5 rings (SSSR count). The second-order valence-corrected chi connectivity index (χ2v) is 15.1. The molecule has 0 aromatic heterocycles. The van der Waals surface area contributed by atoms with Gasteiger partial charge in [0.25, 0.3) is 0 Å². The molecule has 4 nitrogen and oxygen atoms in total. The highest BCUT2D eigenvalue weighted by molar-refractivity contribution is 5.76. The van der Waals surface area contributed by atoms with Gasteiger partial charge in [-0.1, -0.05) is 60.1 Å². The molecule has 0 aromatic carbocycles. The topological polar surface area (TPSA) is 63.6 Å². The van der Waals surface area contributed by atoms with Crippen LogP contribution in [0, 0.1) is 56.7 Å². The number of carboxylic acids is 1. The highest BCUT2D eigenvalue weighted by Gasteiger charge is 2.69. The van der Waals surface area contributed by atoms with Crippen molar-refractivity contribution in [2.24, 2.45) is 56.7 Å². The Morgan fingerprint density at radius 2 is 1.61 bits per heavy atom. The van der Waals surface area contributed by atoms with Crippen molar-refractivity contribution in [3.8, 4) is 0 Å². The molecule has 0 saturated heterocycles. The fourth-order valence-electron chi connectivity index (χ4n) is 11.2. The van der Waals surface area contributed by atoms with E-state index >= 15 is 0 Å². The summed E-state index contributed by atoms with van der Waals surface area (Å²) < 4.78 is 5.88. The van der Waals surface area contributed by atoms with Crippen LogP contribution in [0.2, 0.25) is 0 Å². The molecule has 5 aliphatic rings. The average molecular weight is 499 g/mol. The minimum absolute atomic E-state index is 0.00171. The van der Waals surface area contributed by atoms with Crippen LogP contribution in [0.5, 0.6) is 0 Å². The maximum absolute atomic E-state index is 12.9. The Hall–Kier alpha value is -1.32. The molecular formula is C32H50O4. The molecule has 2 unspecified atom stereocenters. The van der Waals surface area contributed by atoms with Gasteiger partial charge in [0.15, 0.2) is 0 Å². The molecule has 4 fully saturated rings. The van der Waals surface area contributed by atoms with E-state index in [1.54, 1.807) is 6.92 Å². The molecule has 0 aromatic rings. The molecule has 5 aliphatic carbocycles. The molecule has 0 radical (unpaired) electrons. The molecule has 202 valence electrons. The fourth-order valence-corrected chi connectivity index (χ4v) is 11.2. The number of allylic oxidation sites excluding steroid dienone is 2. The Morgan fingerprint density at radius 3 is 2.25 bits per heavy atom. The average Bonchev–Trinajstić information content (AvgIpc) is 2.78. The molecule has 36 heavy (non-hydrogen) atoms. The van der Waals surface area contributed by atoms with E-state index in [1.807, 2.05) is 0 Å². The summed E-state index contributed by atoms with van der Waals surface area (Å²) in [5.74, 6) is 1.53. The Morgan fingerprint density at radius 1 is 0.917 bits per heavy atom. The molecule has 0 spiro atoms. The Kier molecular flexibility index (Phi) is 5.91. The van der Waals surface area contributed by atoms with E-state index in [4.69, 9.17) is 4.74 Å². The normalized spacial score (nSPS) is 51.5. The molecular weight excluding hydrogens is 448 g/mol. The van der Waals surface area contributed by atoms with Gasteiger partial charge in [0.05, 0.1) is 5.41 Å². The largest absolute Gasteiger partial charge is 0.481 e. The Bertz CT molecular complexity index is 981. The number of rotatable bonds is 2. The molecule has 1 N–H and O–H groups in total. The Labute approximate surface area is 219 Å². The number of esters is 1. The van der Waals surface area contributed by atoms with Gasteiger partial charge in [0.1, 0.15) is 6.10 Å². The van der Waals surface area contributed by atoms with Crippen LogP contribution in [0.1, 0.15) is 113 Å². The van der Waals surface area contributed by atoms with Crippen LogP contribution < -0.4 is 0 Å². The third-order valence-electron chi connectivity index (χ3n) is 13.7. The first-order valence-corrected chi connectivity index (χ1v) is 14.8. The summed E-state index contributed by atoms with van der Waals surface area (Å²) in [4.78, 5) is 24.7. The van der Waals surface area contributed by atoms with Crippen molar-refractivity contribution in [3.63, 3.8) is 0 Å². The summed E-state index contributed by atoms with van der Waals surface area (Å²) in [6, 6.07) is 0. The number of aliphatic carboxylic acids is 1. The molecule has 0 aliphatic heterocycles.